The number of nitrogens with zero attached hydrogens (tertiary/aromatic N) is 2. The summed E-state index contributed by atoms with van der Waals surface area (Å²) in [5.74, 6) is -0.349. The summed E-state index contributed by atoms with van der Waals surface area (Å²) in [5.41, 5.74) is -0.446. The van der Waals surface area contributed by atoms with Crippen LogP contribution in [0, 0.1) is 0 Å². The minimum absolute atomic E-state index is 0.0979. The molecule has 2 N–H and O–H groups in total. The Kier molecular flexibility index (Phi) is 6.03. The number of carbonyl (C=O) groups excluding carboxylic acids is 1. The van der Waals surface area contributed by atoms with Crippen LogP contribution < -0.4 is 5.32 Å². The second kappa shape index (κ2) is 7.82. The monoisotopic (exact) mass is 365 g/mol. The van der Waals surface area contributed by atoms with Crippen molar-refractivity contribution in [2.45, 2.75) is 12.6 Å². The van der Waals surface area contributed by atoms with E-state index in [1.54, 1.807) is 0 Å². The molecule has 0 radical (unpaired) electrons. The Morgan fingerprint density at radius 1 is 1.38 bits per heavy atom. The van der Waals surface area contributed by atoms with Crippen molar-refractivity contribution in [2.75, 3.05) is 26.4 Å². The summed E-state index contributed by atoms with van der Waals surface area (Å²) in [4.78, 5) is 15.8. The zero-order valence-electron chi connectivity index (χ0n) is 12.4. The highest BCUT2D eigenvalue weighted by Gasteiger charge is 2.31. The van der Waals surface area contributed by atoms with Crippen molar-refractivity contribution < 1.29 is 27.8 Å². The SMILES string of the molecule is O=C(Cc1cn2cc(C(F)(F)F)cc(Cl)c2n1)NCCOCCO. The first-order chi connectivity index (χ1) is 11.3. The van der Waals surface area contributed by atoms with Gasteiger partial charge in [0, 0.05) is 18.9 Å². The number of halogens is 4. The van der Waals surface area contributed by atoms with Crippen LogP contribution in [-0.4, -0.2) is 46.8 Å². The Hall–Kier alpha value is -1.84. The predicted octanol–water partition coefficient (Wildman–Crippen LogP) is 1.67. The number of rotatable bonds is 7. The van der Waals surface area contributed by atoms with Gasteiger partial charge in [-0.2, -0.15) is 13.2 Å². The van der Waals surface area contributed by atoms with E-state index in [1.165, 1.54) is 6.20 Å². The van der Waals surface area contributed by atoms with E-state index in [-0.39, 0.29) is 49.4 Å². The van der Waals surface area contributed by atoms with Crippen molar-refractivity contribution in [1.82, 2.24) is 14.7 Å². The second-order valence-corrected chi connectivity index (χ2v) is 5.31. The van der Waals surface area contributed by atoms with Gasteiger partial charge in [0.15, 0.2) is 5.65 Å². The number of hydrogen-bond donors (Lipinski definition) is 2. The summed E-state index contributed by atoms with van der Waals surface area (Å²) in [6, 6.07) is 0.798. The highest BCUT2D eigenvalue weighted by atomic mass is 35.5. The number of hydrogen-bond acceptors (Lipinski definition) is 4. The summed E-state index contributed by atoms with van der Waals surface area (Å²) < 4.78 is 44.4. The fourth-order valence-electron chi connectivity index (χ4n) is 2.00. The standard InChI is InChI=1S/C14H15ClF3N3O3/c15-11-5-9(14(16,17)18)7-21-8-10(20-13(11)21)6-12(23)19-1-3-24-4-2-22/h5,7-8,22H,1-4,6H2,(H,19,23). The van der Waals surface area contributed by atoms with Crippen LogP contribution in [0.1, 0.15) is 11.3 Å². The minimum Gasteiger partial charge on any atom is -0.394 e. The average molecular weight is 366 g/mol. The van der Waals surface area contributed by atoms with Gasteiger partial charge in [-0.1, -0.05) is 11.6 Å². The van der Waals surface area contributed by atoms with Crippen molar-refractivity contribution in [3.8, 4) is 0 Å². The molecular weight excluding hydrogens is 351 g/mol. The van der Waals surface area contributed by atoms with Gasteiger partial charge in [0.05, 0.1) is 42.5 Å². The number of aliphatic hydroxyl groups excluding tert-OH is 1. The lowest BCUT2D eigenvalue weighted by atomic mass is 10.3. The third kappa shape index (κ3) is 4.83. The molecule has 0 saturated heterocycles. The van der Waals surface area contributed by atoms with Gasteiger partial charge in [0.1, 0.15) is 0 Å². The van der Waals surface area contributed by atoms with Crippen LogP contribution in [0.15, 0.2) is 18.5 Å². The van der Waals surface area contributed by atoms with Crippen LogP contribution >= 0.6 is 11.6 Å². The molecular formula is C14H15ClF3N3O3. The number of amides is 1. The van der Waals surface area contributed by atoms with Crippen LogP contribution in [0.2, 0.25) is 5.02 Å². The lowest BCUT2D eigenvalue weighted by Gasteiger charge is -2.07. The van der Waals surface area contributed by atoms with Gasteiger partial charge in [-0.25, -0.2) is 4.98 Å². The van der Waals surface area contributed by atoms with Crippen LogP contribution in [0.5, 0.6) is 0 Å². The Bertz CT molecular complexity index is 718. The predicted molar refractivity (Wildman–Crippen MR) is 79.8 cm³/mol. The highest BCUT2D eigenvalue weighted by Crippen LogP contribution is 2.32. The second-order valence-electron chi connectivity index (χ2n) is 4.90. The molecule has 2 aromatic heterocycles. The number of ether oxygens (including phenoxy) is 1. The number of alkyl halides is 3. The molecule has 0 aliphatic heterocycles. The van der Waals surface area contributed by atoms with E-state index < -0.39 is 11.7 Å². The van der Waals surface area contributed by atoms with Crippen LogP contribution in [-0.2, 0) is 22.1 Å². The summed E-state index contributed by atoms with van der Waals surface area (Å²) in [6.45, 7) is 0.585. The fraction of sp³-hybridized carbons (Fsp3) is 0.429. The molecule has 132 valence electrons. The molecule has 0 atom stereocenters. The normalized spacial score (nSPS) is 11.9. The number of nitrogens with one attached hydrogen (secondary N) is 1. The number of imidazole rings is 1. The molecule has 0 unspecified atom stereocenters. The Balaban J connectivity index is 2.03. The van der Waals surface area contributed by atoms with E-state index in [4.69, 9.17) is 21.4 Å². The topological polar surface area (TPSA) is 75.9 Å². The van der Waals surface area contributed by atoms with Crippen LogP contribution in [0.4, 0.5) is 13.2 Å². The van der Waals surface area contributed by atoms with E-state index in [2.05, 4.69) is 10.3 Å². The molecule has 2 heterocycles. The molecule has 0 aliphatic rings. The van der Waals surface area contributed by atoms with Crippen LogP contribution in [0.25, 0.3) is 5.65 Å². The van der Waals surface area contributed by atoms with E-state index in [0.717, 1.165) is 16.7 Å². The molecule has 6 nitrogen and oxygen atoms in total. The molecule has 0 spiro atoms. The molecule has 10 heteroatoms. The Morgan fingerprint density at radius 3 is 2.79 bits per heavy atom. The Labute approximate surface area is 140 Å². The lowest BCUT2D eigenvalue weighted by Crippen LogP contribution is -2.29. The van der Waals surface area contributed by atoms with Gasteiger partial charge in [0.2, 0.25) is 5.91 Å². The largest absolute Gasteiger partial charge is 0.417 e. The molecule has 0 aromatic carbocycles. The number of pyridine rings is 1. The maximum atomic E-state index is 12.8. The van der Waals surface area contributed by atoms with Crippen molar-refractivity contribution in [3.05, 3.63) is 34.7 Å². The first kappa shape index (κ1) is 18.5. The maximum Gasteiger partial charge on any atom is 0.417 e. The maximum absolute atomic E-state index is 12.8. The first-order valence-corrected chi connectivity index (χ1v) is 7.38. The van der Waals surface area contributed by atoms with Gasteiger partial charge < -0.3 is 19.6 Å². The molecule has 0 bridgehead atoms. The van der Waals surface area contributed by atoms with Gasteiger partial charge in [-0.3, -0.25) is 4.79 Å². The summed E-state index contributed by atoms with van der Waals surface area (Å²) >= 11 is 5.83. The average Bonchev–Trinajstić information content (AvgIpc) is 2.89. The molecule has 0 aliphatic carbocycles. The van der Waals surface area contributed by atoms with Gasteiger partial charge in [0.25, 0.3) is 0 Å². The summed E-state index contributed by atoms with van der Waals surface area (Å²) in [6.07, 6.45) is -2.41. The Morgan fingerprint density at radius 2 is 2.12 bits per heavy atom. The summed E-state index contributed by atoms with van der Waals surface area (Å²) in [5, 5.41) is 11.0. The quantitative estimate of drug-likeness (QED) is 0.732. The van der Waals surface area contributed by atoms with Crippen molar-refractivity contribution in [1.29, 1.82) is 0 Å². The third-order valence-electron chi connectivity index (χ3n) is 3.03. The zero-order valence-corrected chi connectivity index (χ0v) is 13.2. The van der Waals surface area contributed by atoms with E-state index in [0.29, 0.717) is 5.69 Å². The zero-order chi connectivity index (χ0) is 17.7. The van der Waals surface area contributed by atoms with Gasteiger partial charge in [-0.15, -0.1) is 0 Å². The molecule has 1 amide bonds. The smallest absolute Gasteiger partial charge is 0.394 e. The first-order valence-electron chi connectivity index (χ1n) is 7.01. The minimum atomic E-state index is -4.52. The van der Waals surface area contributed by atoms with Crippen LogP contribution in [0.3, 0.4) is 0 Å². The highest BCUT2D eigenvalue weighted by molar-refractivity contribution is 6.33. The van der Waals surface area contributed by atoms with Crippen molar-refractivity contribution in [2.24, 2.45) is 0 Å². The van der Waals surface area contributed by atoms with E-state index in [9.17, 15) is 18.0 Å². The number of aromatic nitrogens is 2. The number of fused-ring (bicyclic) bond motifs is 1. The molecule has 0 fully saturated rings. The van der Waals surface area contributed by atoms with Gasteiger partial charge >= 0.3 is 6.18 Å². The number of carbonyl (C=O) groups is 1. The van der Waals surface area contributed by atoms with E-state index in [1.807, 2.05) is 0 Å². The van der Waals surface area contributed by atoms with E-state index >= 15 is 0 Å². The third-order valence-corrected chi connectivity index (χ3v) is 3.31. The summed E-state index contributed by atoms with van der Waals surface area (Å²) in [7, 11) is 0. The van der Waals surface area contributed by atoms with Gasteiger partial charge in [-0.05, 0) is 6.07 Å². The molecule has 2 rings (SSSR count). The van der Waals surface area contributed by atoms with Crippen molar-refractivity contribution in [3.63, 3.8) is 0 Å². The molecule has 0 saturated carbocycles. The molecule has 2 aromatic rings. The number of aliphatic hydroxyl groups is 1. The lowest BCUT2D eigenvalue weighted by molar-refractivity contribution is -0.137. The fourth-order valence-corrected chi connectivity index (χ4v) is 2.26. The molecule has 24 heavy (non-hydrogen) atoms. The van der Waals surface area contributed by atoms with Crippen molar-refractivity contribution >= 4 is 23.2 Å².